The SMILES string of the molecule is Cc1ccc(S(=O)(=O)OC(C(C)(C)C)S(N)(=O)=O)cc1. The van der Waals surface area contributed by atoms with Gasteiger partial charge in [-0.05, 0) is 19.1 Å². The lowest BCUT2D eigenvalue weighted by Gasteiger charge is -2.27. The summed E-state index contributed by atoms with van der Waals surface area (Å²) in [4.78, 5) is -0.110. The smallest absolute Gasteiger partial charge is 0.245 e. The summed E-state index contributed by atoms with van der Waals surface area (Å²) >= 11 is 0. The largest absolute Gasteiger partial charge is 0.298 e. The highest BCUT2D eigenvalue weighted by molar-refractivity contribution is 7.91. The molecule has 114 valence electrons. The minimum Gasteiger partial charge on any atom is -0.245 e. The van der Waals surface area contributed by atoms with Gasteiger partial charge < -0.3 is 0 Å². The van der Waals surface area contributed by atoms with Gasteiger partial charge in [-0.15, -0.1) is 0 Å². The Hall–Kier alpha value is -0.960. The summed E-state index contributed by atoms with van der Waals surface area (Å²) in [5, 5.41) is 5.06. The first-order chi connectivity index (χ1) is 8.84. The second-order valence-electron chi connectivity index (χ2n) is 5.65. The van der Waals surface area contributed by atoms with Crippen LogP contribution < -0.4 is 5.14 Å². The lowest BCUT2D eigenvalue weighted by atomic mass is 9.98. The molecule has 0 aliphatic heterocycles. The third-order valence-electron chi connectivity index (χ3n) is 2.53. The van der Waals surface area contributed by atoms with Crippen molar-refractivity contribution in [3.05, 3.63) is 29.8 Å². The quantitative estimate of drug-likeness (QED) is 0.843. The van der Waals surface area contributed by atoms with Gasteiger partial charge in [-0.1, -0.05) is 38.5 Å². The Kier molecular flexibility index (Phi) is 4.65. The predicted octanol–water partition coefficient (Wildman–Crippen LogP) is 1.36. The Bertz CT molecular complexity index is 670. The molecule has 6 nitrogen and oxygen atoms in total. The van der Waals surface area contributed by atoms with Gasteiger partial charge in [-0.25, -0.2) is 17.7 Å². The molecule has 0 aromatic heterocycles. The van der Waals surface area contributed by atoms with Crippen LogP contribution in [0.25, 0.3) is 0 Å². The number of sulfonamides is 1. The van der Waals surface area contributed by atoms with E-state index in [4.69, 9.17) is 9.32 Å². The highest BCUT2D eigenvalue weighted by Crippen LogP contribution is 2.28. The van der Waals surface area contributed by atoms with Crippen molar-refractivity contribution in [1.29, 1.82) is 0 Å². The molecule has 1 atom stereocenters. The average molecular weight is 321 g/mol. The van der Waals surface area contributed by atoms with Crippen molar-refractivity contribution in [1.82, 2.24) is 0 Å². The lowest BCUT2D eigenvalue weighted by molar-refractivity contribution is 0.160. The second kappa shape index (κ2) is 5.44. The molecular weight excluding hydrogens is 302 g/mol. The molecule has 0 saturated heterocycles. The number of aryl methyl sites for hydroxylation is 1. The minimum absolute atomic E-state index is 0.110. The van der Waals surface area contributed by atoms with Crippen molar-refractivity contribution >= 4 is 20.1 Å². The van der Waals surface area contributed by atoms with Crippen molar-refractivity contribution in [2.24, 2.45) is 10.6 Å². The number of rotatable bonds is 4. The summed E-state index contributed by atoms with van der Waals surface area (Å²) < 4.78 is 52.1. The number of hydrogen-bond donors (Lipinski definition) is 1. The third-order valence-corrected chi connectivity index (χ3v) is 5.35. The molecule has 2 N–H and O–H groups in total. The van der Waals surface area contributed by atoms with Crippen LogP contribution in [-0.4, -0.2) is 22.3 Å². The van der Waals surface area contributed by atoms with E-state index in [9.17, 15) is 16.8 Å². The maximum Gasteiger partial charge on any atom is 0.298 e. The van der Waals surface area contributed by atoms with Gasteiger partial charge in [0.05, 0.1) is 4.90 Å². The van der Waals surface area contributed by atoms with Gasteiger partial charge in [0, 0.05) is 5.41 Å². The van der Waals surface area contributed by atoms with E-state index in [1.54, 1.807) is 19.1 Å². The van der Waals surface area contributed by atoms with E-state index in [1.165, 1.54) is 32.9 Å². The summed E-state index contributed by atoms with van der Waals surface area (Å²) in [6, 6.07) is 5.90. The van der Waals surface area contributed by atoms with Crippen LogP contribution in [0.5, 0.6) is 0 Å². The molecule has 0 fully saturated rings. The lowest BCUT2D eigenvalue weighted by Crippen LogP contribution is -2.42. The highest BCUT2D eigenvalue weighted by atomic mass is 32.2. The molecule has 20 heavy (non-hydrogen) atoms. The Morgan fingerprint density at radius 3 is 1.85 bits per heavy atom. The first-order valence-corrected chi connectivity index (χ1v) is 8.87. The van der Waals surface area contributed by atoms with Gasteiger partial charge in [-0.2, -0.15) is 8.42 Å². The number of hydrogen-bond acceptors (Lipinski definition) is 5. The molecule has 1 aromatic carbocycles. The van der Waals surface area contributed by atoms with E-state index in [-0.39, 0.29) is 4.90 Å². The molecular formula is C12H19NO5S2. The van der Waals surface area contributed by atoms with Crippen molar-refractivity contribution < 1.29 is 21.0 Å². The Balaban J connectivity index is 3.20. The standard InChI is InChI=1S/C12H19NO5S2/c1-9-5-7-10(8-6-9)20(16,17)18-11(12(2,3)4)19(13,14)15/h5-8,11H,1-4H3,(H2,13,14,15). The van der Waals surface area contributed by atoms with Crippen LogP contribution in [0.2, 0.25) is 0 Å². The predicted molar refractivity (Wildman–Crippen MR) is 75.8 cm³/mol. The summed E-state index contributed by atoms with van der Waals surface area (Å²) in [6.07, 6.45) is 0. The Morgan fingerprint density at radius 2 is 1.50 bits per heavy atom. The fourth-order valence-corrected chi connectivity index (χ4v) is 4.40. The number of primary sulfonamides is 1. The fraction of sp³-hybridized carbons (Fsp3) is 0.500. The van der Waals surface area contributed by atoms with Crippen molar-refractivity contribution in [2.75, 3.05) is 0 Å². The fourth-order valence-electron chi connectivity index (χ4n) is 1.57. The normalized spacial score (nSPS) is 15.1. The zero-order chi connectivity index (χ0) is 15.8. The number of benzene rings is 1. The topological polar surface area (TPSA) is 104 Å². The van der Waals surface area contributed by atoms with Gasteiger partial charge in [0.25, 0.3) is 10.1 Å². The van der Waals surface area contributed by atoms with Crippen LogP contribution in [0.1, 0.15) is 26.3 Å². The summed E-state index contributed by atoms with van der Waals surface area (Å²) in [6.45, 7) is 6.41. The average Bonchev–Trinajstić information content (AvgIpc) is 2.23. The summed E-state index contributed by atoms with van der Waals surface area (Å²) in [5.74, 6) is 0. The molecule has 0 aliphatic carbocycles. The van der Waals surface area contributed by atoms with Gasteiger partial charge >= 0.3 is 0 Å². The third kappa shape index (κ3) is 4.27. The molecule has 0 bridgehead atoms. The summed E-state index contributed by atoms with van der Waals surface area (Å²) in [5.41, 5.74) is -1.75. The van der Waals surface area contributed by atoms with Gasteiger partial charge in [0.2, 0.25) is 10.0 Å². The number of nitrogens with two attached hydrogens (primary N) is 1. The monoisotopic (exact) mass is 321 g/mol. The molecule has 0 aliphatic rings. The molecule has 1 aromatic rings. The van der Waals surface area contributed by atoms with Gasteiger partial charge in [0.1, 0.15) is 0 Å². The minimum atomic E-state index is -4.20. The van der Waals surface area contributed by atoms with E-state index in [1.807, 2.05) is 0 Å². The highest BCUT2D eigenvalue weighted by Gasteiger charge is 2.39. The van der Waals surface area contributed by atoms with Crippen LogP contribution in [-0.2, 0) is 24.3 Å². The van der Waals surface area contributed by atoms with Crippen LogP contribution in [0.3, 0.4) is 0 Å². The molecule has 0 radical (unpaired) electrons. The molecule has 0 amide bonds. The van der Waals surface area contributed by atoms with E-state index in [0.29, 0.717) is 0 Å². The van der Waals surface area contributed by atoms with Gasteiger partial charge in [-0.3, -0.25) is 0 Å². The zero-order valence-electron chi connectivity index (χ0n) is 11.8. The van der Waals surface area contributed by atoms with Crippen molar-refractivity contribution in [3.8, 4) is 0 Å². The Labute approximate surface area is 120 Å². The zero-order valence-corrected chi connectivity index (χ0v) is 13.5. The molecule has 8 heteroatoms. The molecule has 0 saturated carbocycles. The molecule has 0 spiro atoms. The molecule has 1 rings (SSSR count). The second-order valence-corrected chi connectivity index (χ2v) is 8.83. The van der Waals surface area contributed by atoms with Crippen LogP contribution in [0.4, 0.5) is 0 Å². The summed E-state index contributed by atoms with van der Waals surface area (Å²) in [7, 11) is -8.38. The molecule has 1 unspecified atom stereocenters. The first kappa shape index (κ1) is 17.1. The van der Waals surface area contributed by atoms with E-state index >= 15 is 0 Å². The Morgan fingerprint density at radius 1 is 1.05 bits per heavy atom. The van der Waals surface area contributed by atoms with Crippen molar-refractivity contribution in [3.63, 3.8) is 0 Å². The first-order valence-electron chi connectivity index (χ1n) is 5.85. The van der Waals surface area contributed by atoms with Crippen LogP contribution >= 0.6 is 0 Å². The van der Waals surface area contributed by atoms with Crippen LogP contribution in [0, 0.1) is 12.3 Å². The van der Waals surface area contributed by atoms with Crippen molar-refractivity contribution in [2.45, 2.75) is 38.0 Å². The van der Waals surface area contributed by atoms with Gasteiger partial charge in [0.15, 0.2) is 5.44 Å². The molecule has 0 heterocycles. The van der Waals surface area contributed by atoms with E-state index in [2.05, 4.69) is 0 Å². The maximum absolute atomic E-state index is 12.1. The van der Waals surface area contributed by atoms with Crippen LogP contribution in [0.15, 0.2) is 29.2 Å². The van der Waals surface area contributed by atoms with E-state index < -0.39 is 31.0 Å². The maximum atomic E-state index is 12.1. The van der Waals surface area contributed by atoms with E-state index in [0.717, 1.165) is 5.56 Å².